The first-order chi connectivity index (χ1) is 20.6. The summed E-state index contributed by atoms with van der Waals surface area (Å²) in [6, 6.07) is 12.3. The molecule has 0 fully saturated rings. The minimum absolute atomic E-state index is 0.166. The van der Waals surface area contributed by atoms with E-state index in [1.54, 1.807) is 43.6 Å². The van der Waals surface area contributed by atoms with E-state index in [-0.39, 0.29) is 12.2 Å². The number of pyridine rings is 1. The maximum Gasteiger partial charge on any atom is 0.434 e. The lowest BCUT2D eigenvalue weighted by molar-refractivity contribution is -0.141. The van der Waals surface area contributed by atoms with Gasteiger partial charge in [-0.2, -0.15) is 13.2 Å². The van der Waals surface area contributed by atoms with Gasteiger partial charge in [-0.25, -0.2) is 14.3 Å². The lowest BCUT2D eigenvalue weighted by Crippen LogP contribution is -2.34. The van der Waals surface area contributed by atoms with Crippen LogP contribution in [0.4, 0.5) is 18.9 Å². The normalized spacial score (nSPS) is 13.6. The number of H-pyrrole nitrogens is 1. The molecular weight excluding hydrogens is 605 g/mol. The summed E-state index contributed by atoms with van der Waals surface area (Å²) in [4.78, 5) is 40.6. The Hall–Kier alpha value is -4.62. The quantitative estimate of drug-likeness (QED) is 0.264. The molecule has 4 aromatic heterocycles. The number of anilines is 1. The summed E-state index contributed by atoms with van der Waals surface area (Å²) in [5, 5.41) is 1.73. The van der Waals surface area contributed by atoms with Crippen LogP contribution in [0, 0.1) is 0 Å². The van der Waals surface area contributed by atoms with Crippen molar-refractivity contribution in [2.45, 2.75) is 19.3 Å². The summed E-state index contributed by atoms with van der Waals surface area (Å²) < 4.78 is 47.8. The number of ether oxygens (including phenoxy) is 1. The van der Waals surface area contributed by atoms with E-state index in [1.807, 2.05) is 17.0 Å². The van der Waals surface area contributed by atoms with E-state index >= 15 is 0 Å². The first-order valence-electron chi connectivity index (χ1n) is 13.0. The van der Waals surface area contributed by atoms with Crippen molar-refractivity contribution in [3.05, 3.63) is 98.4 Å². The van der Waals surface area contributed by atoms with Crippen LogP contribution in [-0.2, 0) is 19.3 Å². The Morgan fingerprint density at radius 2 is 1.91 bits per heavy atom. The molecule has 0 aliphatic carbocycles. The summed E-state index contributed by atoms with van der Waals surface area (Å²) in [5.74, 6) is 0.898. The number of rotatable bonds is 4. The van der Waals surface area contributed by atoms with Gasteiger partial charge in [0.15, 0.2) is 5.69 Å². The summed E-state index contributed by atoms with van der Waals surface area (Å²) in [7, 11) is 1.54. The molecule has 9 nitrogen and oxygen atoms in total. The summed E-state index contributed by atoms with van der Waals surface area (Å²) in [6.45, 7) is 0.941. The molecule has 2 aromatic carbocycles. The Morgan fingerprint density at radius 3 is 2.70 bits per heavy atom. The number of nitrogens with one attached hydrogen (secondary N) is 1. The Labute approximate surface area is 249 Å². The standard InChI is InChI=1S/C29H20ClF3N6O3S/c1-42-17-4-5-20(30)19(9-17)23-10-21-26(43-23)27(40)39(28(41)35-21)22-12-34-11-15-2-3-16(8-18(15)22)37-6-7-38-13-24(29(31,32)33)36-25(38)14-37/h2-5,8-13H,6-7,14H2,1H3,(H,35,41). The van der Waals surface area contributed by atoms with E-state index in [1.165, 1.54) is 22.1 Å². The zero-order chi connectivity index (χ0) is 30.0. The topological polar surface area (TPSA) is 98.0 Å². The number of hydrogen-bond acceptors (Lipinski definition) is 7. The lowest BCUT2D eigenvalue weighted by atomic mass is 10.1. The van der Waals surface area contributed by atoms with Crippen LogP contribution in [0.3, 0.4) is 0 Å². The predicted molar refractivity (Wildman–Crippen MR) is 159 cm³/mol. The number of fused-ring (bicyclic) bond motifs is 3. The van der Waals surface area contributed by atoms with E-state index < -0.39 is 23.1 Å². The number of thiophene rings is 1. The average Bonchev–Trinajstić information content (AvgIpc) is 3.62. The fourth-order valence-electron chi connectivity index (χ4n) is 5.30. The number of halogens is 4. The molecule has 1 aliphatic heterocycles. The van der Waals surface area contributed by atoms with Crippen molar-refractivity contribution >= 4 is 49.6 Å². The highest BCUT2D eigenvalue weighted by Gasteiger charge is 2.35. The third-order valence-corrected chi connectivity index (χ3v) is 8.92. The summed E-state index contributed by atoms with van der Waals surface area (Å²) in [6.07, 6.45) is -0.428. The average molecular weight is 625 g/mol. The van der Waals surface area contributed by atoms with Gasteiger partial charge in [-0.15, -0.1) is 11.3 Å². The molecule has 0 saturated carbocycles. The third-order valence-electron chi connectivity index (χ3n) is 7.44. The fraction of sp³-hybridized carbons (Fsp3) is 0.172. The Bertz CT molecular complexity index is 2190. The van der Waals surface area contributed by atoms with E-state index in [0.29, 0.717) is 66.8 Å². The number of hydrogen-bond donors (Lipinski definition) is 1. The number of alkyl halides is 3. The van der Waals surface area contributed by atoms with Crippen LogP contribution in [0.2, 0.25) is 5.02 Å². The highest BCUT2D eigenvalue weighted by molar-refractivity contribution is 7.22. The van der Waals surface area contributed by atoms with Crippen molar-refractivity contribution < 1.29 is 17.9 Å². The maximum absolute atomic E-state index is 13.8. The molecule has 5 heterocycles. The highest BCUT2D eigenvalue weighted by Crippen LogP contribution is 2.37. The second-order valence-electron chi connectivity index (χ2n) is 9.99. The first kappa shape index (κ1) is 27.2. The number of aromatic amines is 1. The van der Waals surface area contributed by atoms with Crippen LogP contribution in [0.5, 0.6) is 5.75 Å². The van der Waals surface area contributed by atoms with Crippen LogP contribution in [-0.4, -0.2) is 37.7 Å². The molecule has 218 valence electrons. The Balaban J connectivity index is 1.31. The molecule has 0 bridgehead atoms. The van der Waals surface area contributed by atoms with Crippen molar-refractivity contribution in [3.8, 4) is 21.9 Å². The maximum atomic E-state index is 13.8. The largest absolute Gasteiger partial charge is 0.497 e. The van der Waals surface area contributed by atoms with Gasteiger partial charge in [-0.05, 0) is 36.4 Å². The minimum atomic E-state index is -4.52. The van der Waals surface area contributed by atoms with Crippen molar-refractivity contribution in [1.82, 2.24) is 24.1 Å². The molecule has 43 heavy (non-hydrogen) atoms. The molecule has 0 amide bonds. The van der Waals surface area contributed by atoms with Gasteiger partial charge >= 0.3 is 11.9 Å². The predicted octanol–water partition coefficient (Wildman–Crippen LogP) is 5.85. The molecule has 6 aromatic rings. The van der Waals surface area contributed by atoms with E-state index in [4.69, 9.17) is 16.3 Å². The van der Waals surface area contributed by atoms with E-state index in [2.05, 4.69) is 15.0 Å². The molecule has 0 spiro atoms. The van der Waals surface area contributed by atoms with E-state index in [0.717, 1.165) is 10.8 Å². The number of imidazole rings is 1. The van der Waals surface area contributed by atoms with Gasteiger partial charge in [0.05, 0.1) is 31.1 Å². The molecule has 7 rings (SSSR count). The molecule has 0 saturated heterocycles. The number of aromatic nitrogens is 5. The number of benzene rings is 2. The second kappa shape index (κ2) is 9.99. The minimum Gasteiger partial charge on any atom is -0.497 e. The van der Waals surface area contributed by atoms with Crippen LogP contribution >= 0.6 is 22.9 Å². The van der Waals surface area contributed by atoms with Gasteiger partial charge in [0.25, 0.3) is 5.56 Å². The molecular formula is C29H20ClF3N6O3S. The molecule has 0 unspecified atom stereocenters. The number of nitrogens with zero attached hydrogens (tertiary/aromatic N) is 5. The monoisotopic (exact) mass is 624 g/mol. The van der Waals surface area contributed by atoms with Crippen molar-refractivity contribution in [2.75, 3.05) is 18.6 Å². The summed E-state index contributed by atoms with van der Waals surface area (Å²) in [5.41, 5.74) is -0.0582. The Kier molecular flexibility index (Phi) is 6.32. The van der Waals surface area contributed by atoms with Gasteiger partial charge in [0.1, 0.15) is 16.3 Å². The Morgan fingerprint density at radius 1 is 1.07 bits per heavy atom. The van der Waals surface area contributed by atoms with Gasteiger partial charge in [-0.1, -0.05) is 17.7 Å². The van der Waals surface area contributed by atoms with Crippen LogP contribution in [0.1, 0.15) is 11.5 Å². The van der Waals surface area contributed by atoms with Crippen molar-refractivity contribution in [1.29, 1.82) is 0 Å². The molecule has 0 radical (unpaired) electrons. The van der Waals surface area contributed by atoms with Crippen LogP contribution < -0.4 is 20.9 Å². The van der Waals surface area contributed by atoms with Crippen molar-refractivity contribution in [3.63, 3.8) is 0 Å². The van der Waals surface area contributed by atoms with Gasteiger partial charge < -0.3 is 19.2 Å². The van der Waals surface area contributed by atoms with Crippen LogP contribution in [0.15, 0.2) is 70.6 Å². The fourth-order valence-corrected chi connectivity index (χ4v) is 6.65. The van der Waals surface area contributed by atoms with Crippen molar-refractivity contribution in [2.24, 2.45) is 0 Å². The smallest absolute Gasteiger partial charge is 0.434 e. The second-order valence-corrected chi connectivity index (χ2v) is 11.4. The lowest BCUT2D eigenvalue weighted by Gasteiger charge is -2.29. The van der Waals surface area contributed by atoms with Crippen LogP contribution in [0.25, 0.3) is 37.1 Å². The molecule has 1 aliphatic rings. The van der Waals surface area contributed by atoms with Gasteiger partial charge in [0.2, 0.25) is 0 Å². The van der Waals surface area contributed by atoms with Gasteiger partial charge in [0, 0.05) is 57.4 Å². The molecule has 1 N–H and O–H groups in total. The number of methoxy groups -OCH3 is 1. The zero-order valence-electron chi connectivity index (χ0n) is 22.3. The zero-order valence-corrected chi connectivity index (χ0v) is 23.8. The molecule has 14 heteroatoms. The highest BCUT2D eigenvalue weighted by atomic mass is 35.5. The summed E-state index contributed by atoms with van der Waals surface area (Å²) >= 11 is 7.63. The van der Waals surface area contributed by atoms with Gasteiger partial charge in [-0.3, -0.25) is 9.78 Å². The molecule has 0 atom stereocenters. The third kappa shape index (κ3) is 4.64. The SMILES string of the molecule is COc1ccc(Cl)c(-c2cc3[nH]c(=O)n(-c4cncc5ccc(N6CCn7cc(C(F)(F)F)nc7C6)cc45)c(=O)c3s2)c1. The first-order valence-corrected chi connectivity index (χ1v) is 14.2. The van der Waals surface area contributed by atoms with E-state index in [9.17, 15) is 22.8 Å².